The van der Waals surface area contributed by atoms with Gasteiger partial charge in [-0.3, -0.25) is 0 Å². The third-order valence-corrected chi connectivity index (χ3v) is 10.9. The minimum atomic E-state index is -2.35. The van der Waals surface area contributed by atoms with Crippen LogP contribution in [0.3, 0.4) is 0 Å². The molecule has 0 aliphatic rings. The summed E-state index contributed by atoms with van der Waals surface area (Å²) >= 11 is 0. The van der Waals surface area contributed by atoms with Crippen molar-refractivity contribution < 1.29 is 6.53 Å². The molecule has 182 valence electrons. The second-order valence-electron chi connectivity index (χ2n) is 9.28. The maximum Gasteiger partial charge on any atom is 1.00 e. The summed E-state index contributed by atoms with van der Waals surface area (Å²) in [6, 6.07) is 55.1. The number of hydrogen-bond acceptors (Lipinski definition) is 1. The fraction of sp³-hybridized carbons (Fsp3) is 0. The van der Waals surface area contributed by atoms with Crippen LogP contribution in [0.15, 0.2) is 157 Å². The van der Waals surface area contributed by atoms with Gasteiger partial charge in [0.05, 0.1) is 5.82 Å². The minimum absolute atomic E-state index is 0. The van der Waals surface area contributed by atoms with Crippen LogP contribution in [0, 0.1) is 6.07 Å². The topological polar surface area (TPSA) is 23.1 Å². The van der Waals surface area contributed by atoms with Crippen LogP contribution in [0.1, 0.15) is 6.99 Å². The number of fused-ring (bicyclic) bond motifs is 1. The molecule has 0 aromatic heterocycles. The van der Waals surface area contributed by atoms with Crippen molar-refractivity contribution in [3.8, 4) is 11.1 Å². The third kappa shape index (κ3) is 4.54. The van der Waals surface area contributed by atoms with Gasteiger partial charge in [0.2, 0.25) is 0 Å². The molecule has 0 spiro atoms. The molecule has 1 nitrogen and oxygen atoms in total. The molecule has 0 unspecified atom stereocenters. The van der Waals surface area contributed by atoms with E-state index in [2.05, 4.69) is 97.1 Å². The first kappa shape index (κ1) is 23.9. The SMILES string of the molecule is [H+].[O-]/C(=C\[P+](c1ccccc1)(c1ccccc1)c1ccccc1)c1ccc(-c2c[c-]c3ccccc3c2)cc1. The highest BCUT2D eigenvalue weighted by atomic mass is 31.2. The first-order chi connectivity index (χ1) is 18.7. The molecule has 0 bridgehead atoms. The number of rotatable bonds is 6. The molecule has 0 aliphatic heterocycles. The first-order valence-corrected chi connectivity index (χ1v) is 14.6. The van der Waals surface area contributed by atoms with E-state index >= 15 is 0 Å². The number of benzene rings is 6. The highest BCUT2D eigenvalue weighted by Gasteiger charge is 2.43. The van der Waals surface area contributed by atoms with E-state index in [-0.39, 0.29) is 7.19 Å². The summed E-state index contributed by atoms with van der Waals surface area (Å²) in [6.07, 6.45) is 0. The highest BCUT2D eigenvalue weighted by Crippen LogP contribution is 2.57. The maximum atomic E-state index is 14.0. The molecule has 0 atom stereocenters. The zero-order chi connectivity index (χ0) is 25.8. The summed E-state index contributed by atoms with van der Waals surface area (Å²) in [7, 11) is -2.35. The first-order valence-electron chi connectivity index (χ1n) is 12.7. The van der Waals surface area contributed by atoms with Crippen molar-refractivity contribution in [2.75, 3.05) is 0 Å². The molecular formula is C36H27OP. The van der Waals surface area contributed by atoms with Gasteiger partial charge in [-0.2, -0.15) is 0 Å². The van der Waals surface area contributed by atoms with Gasteiger partial charge in [0.15, 0.2) is 0 Å². The summed E-state index contributed by atoms with van der Waals surface area (Å²) in [5.74, 6) is 2.03. The Labute approximate surface area is 226 Å². The van der Waals surface area contributed by atoms with Crippen LogP contribution < -0.4 is 21.0 Å². The van der Waals surface area contributed by atoms with Crippen molar-refractivity contribution in [1.82, 2.24) is 0 Å². The Bertz CT molecular complexity index is 1600. The minimum Gasteiger partial charge on any atom is -0.870 e. The van der Waals surface area contributed by atoms with E-state index in [9.17, 15) is 5.11 Å². The lowest BCUT2D eigenvalue weighted by Gasteiger charge is -2.27. The molecule has 6 aromatic rings. The standard InChI is InChI=1S/C36H27OP/c37-36(30-23-20-29(21-24-30)32-25-22-28-12-10-11-13-31(28)26-32)27-38(33-14-4-1-5-15-33,34-16-6-2-7-17-34)35-18-8-3-9-19-35/h1-21,23-27,37H/b36-27-. The molecule has 0 radical (unpaired) electrons. The van der Waals surface area contributed by atoms with Crippen molar-refractivity contribution >= 4 is 39.7 Å². The molecule has 6 rings (SSSR count). The molecule has 0 amide bonds. The van der Waals surface area contributed by atoms with E-state index in [4.69, 9.17) is 0 Å². The molecule has 0 heterocycles. The highest BCUT2D eigenvalue weighted by molar-refractivity contribution is 7.98. The quantitative estimate of drug-likeness (QED) is 0.135. The fourth-order valence-electron chi connectivity index (χ4n) is 5.02. The van der Waals surface area contributed by atoms with E-state index in [0.717, 1.165) is 37.8 Å². The second-order valence-corrected chi connectivity index (χ2v) is 12.5. The fourth-order valence-corrected chi connectivity index (χ4v) is 8.79. The van der Waals surface area contributed by atoms with E-state index < -0.39 is 7.26 Å². The molecule has 0 fully saturated rings. The maximum absolute atomic E-state index is 14.0. The van der Waals surface area contributed by atoms with Crippen LogP contribution in [-0.2, 0) is 0 Å². The van der Waals surface area contributed by atoms with Crippen molar-refractivity contribution in [2.45, 2.75) is 0 Å². The Kier molecular flexibility index (Phi) is 6.61. The Morgan fingerprint density at radius 1 is 0.579 bits per heavy atom. The zero-order valence-electron chi connectivity index (χ0n) is 21.9. The average Bonchev–Trinajstić information content (AvgIpc) is 3.01. The van der Waals surface area contributed by atoms with Crippen molar-refractivity contribution in [3.63, 3.8) is 0 Å². The van der Waals surface area contributed by atoms with E-state index in [1.165, 1.54) is 0 Å². The van der Waals surface area contributed by atoms with Gasteiger partial charge in [0.25, 0.3) is 0 Å². The Balaban J connectivity index is 0.00000308. The van der Waals surface area contributed by atoms with Crippen molar-refractivity contribution in [3.05, 3.63) is 169 Å². The van der Waals surface area contributed by atoms with Crippen molar-refractivity contribution in [2.24, 2.45) is 0 Å². The third-order valence-electron chi connectivity index (χ3n) is 6.96. The summed E-state index contributed by atoms with van der Waals surface area (Å²) in [6.45, 7) is 0. The monoisotopic (exact) mass is 506 g/mol. The summed E-state index contributed by atoms with van der Waals surface area (Å²) < 4.78 is 0. The number of hydrogen-bond donors (Lipinski definition) is 0. The van der Waals surface area contributed by atoms with Gasteiger partial charge >= 0.3 is 1.43 Å². The smallest absolute Gasteiger partial charge is 0.870 e. The molecule has 0 N–H and O–H groups in total. The van der Waals surface area contributed by atoms with Gasteiger partial charge in [-0.05, 0) is 42.0 Å². The van der Waals surface area contributed by atoms with Gasteiger partial charge < -0.3 is 5.11 Å². The lowest BCUT2D eigenvalue weighted by atomic mass is 10.00. The van der Waals surface area contributed by atoms with Crippen LogP contribution in [0.25, 0.3) is 27.7 Å². The Morgan fingerprint density at radius 2 is 1.08 bits per heavy atom. The largest absolute Gasteiger partial charge is 1.00 e. The Morgan fingerprint density at radius 3 is 1.63 bits per heavy atom. The van der Waals surface area contributed by atoms with Gasteiger partial charge in [-0.1, -0.05) is 108 Å². The second kappa shape index (κ2) is 10.5. The summed E-state index contributed by atoms with van der Waals surface area (Å²) in [4.78, 5) is 0. The van der Waals surface area contributed by atoms with Gasteiger partial charge in [-0.25, -0.2) is 0 Å². The van der Waals surface area contributed by atoms with Crippen LogP contribution >= 0.6 is 7.26 Å². The Hall–Kier alpha value is -4.45. The van der Waals surface area contributed by atoms with Crippen LogP contribution in [0.4, 0.5) is 0 Å². The molecule has 6 aromatic carbocycles. The molecule has 0 saturated heterocycles. The molecule has 38 heavy (non-hydrogen) atoms. The van der Waals surface area contributed by atoms with Gasteiger partial charge in [-0.15, -0.1) is 41.1 Å². The summed E-state index contributed by atoms with van der Waals surface area (Å²) in [5, 5.41) is 19.7. The van der Waals surface area contributed by atoms with E-state index in [1.54, 1.807) is 0 Å². The normalized spacial score (nSPS) is 11.9. The predicted molar refractivity (Wildman–Crippen MR) is 162 cm³/mol. The molecule has 0 aliphatic carbocycles. The van der Waals surface area contributed by atoms with Crippen LogP contribution in [0.5, 0.6) is 0 Å². The zero-order valence-corrected chi connectivity index (χ0v) is 21.8. The molecule has 2 heteroatoms. The molecular weight excluding hydrogens is 479 g/mol. The van der Waals surface area contributed by atoms with Crippen LogP contribution in [0.2, 0.25) is 0 Å². The van der Waals surface area contributed by atoms with E-state index in [0.29, 0.717) is 5.56 Å². The predicted octanol–water partition coefficient (Wildman–Crippen LogP) is 7.07. The van der Waals surface area contributed by atoms with E-state index in [1.807, 2.05) is 66.5 Å². The van der Waals surface area contributed by atoms with Gasteiger partial charge in [0.1, 0.15) is 23.2 Å². The van der Waals surface area contributed by atoms with Crippen LogP contribution in [-0.4, -0.2) is 0 Å². The lowest BCUT2D eigenvalue weighted by Crippen LogP contribution is -2.30. The van der Waals surface area contributed by atoms with Gasteiger partial charge in [0, 0.05) is 0 Å². The lowest BCUT2D eigenvalue weighted by molar-refractivity contribution is -0.243. The summed E-state index contributed by atoms with van der Waals surface area (Å²) in [5.41, 5.74) is 2.84. The van der Waals surface area contributed by atoms with Crippen molar-refractivity contribution in [1.29, 1.82) is 0 Å². The average molecular weight is 507 g/mol. The molecule has 0 saturated carbocycles.